The first kappa shape index (κ1) is 18.4. The van der Waals surface area contributed by atoms with Crippen molar-refractivity contribution in [2.24, 2.45) is 11.8 Å². The van der Waals surface area contributed by atoms with Gasteiger partial charge in [0, 0.05) is 0 Å². The second-order valence-corrected chi connectivity index (χ2v) is 5.31. The Morgan fingerprint density at radius 3 is 2.42 bits per heavy atom. The summed E-state index contributed by atoms with van der Waals surface area (Å²) in [7, 11) is 0. The molecule has 4 nitrogen and oxygen atoms in total. The van der Waals surface area contributed by atoms with E-state index in [2.05, 4.69) is 20.8 Å². The van der Waals surface area contributed by atoms with Gasteiger partial charge in [-0.15, -0.1) is 0 Å². The molecule has 114 valence electrons. The Morgan fingerprint density at radius 1 is 1.21 bits per heavy atom. The van der Waals surface area contributed by atoms with Crippen LogP contribution in [0.4, 0.5) is 0 Å². The van der Waals surface area contributed by atoms with Gasteiger partial charge in [-0.1, -0.05) is 52.9 Å². The third kappa shape index (κ3) is 8.22. The first-order valence-electron chi connectivity index (χ1n) is 7.52. The Labute approximate surface area is 117 Å². The highest BCUT2D eigenvalue weighted by atomic mass is 16.5. The quantitative estimate of drug-likeness (QED) is 0.449. The molecule has 0 saturated heterocycles. The number of unbranched alkanes of at least 4 members (excludes halogenated alkanes) is 3. The van der Waals surface area contributed by atoms with Crippen LogP contribution in [0.5, 0.6) is 0 Å². The van der Waals surface area contributed by atoms with Crippen molar-refractivity contribution in [1.29, 1.82) is 0 Å². The van der Waals surface area contributed by atoms with E-state index in [-0.39, 0.29) is 25.1 Å². The van der Waals surface area contributed by atoms with E-state index in [9.17, 15) is 9.90 Å². The van der Waals surface area contributed by atoms with Gasteiger partial charge in [-0.2, -0.15) is 0 Å². The second kappa shape index (κ2) is 11.2. The Morgan fingerprint density at radius 2 is 1.89 bits per heavy atom. The highest BCUT2D eigenvalue weighted by molar-refractivity contribution is 5.72. The van der Waals surface area contributed by atoms with Crippen molar-refractivity contribution in [2.75, 3.05) is 13.2 Å². The van der Waals surface area contributed by atoms with Gasteiger partial charge in [0.1, 0.15) is 12.7 Å². The highest BCUT2D eigenvalue weighted by Gasteiger charge is 2.25. The summed E-state index contributed by atoms with van der Waals surface area (Å²) in [6, 6.07) is 0. The topological polar surface area (TPSA) is 66.8 Å². The fourth-order valence-electron chi connectivity index (χ4n) is 2.05. The number of carbonyl (C=O) groups excluding carboxylic acids is 1. The smallest absolute Gasteiger partial charge is 0.309 e. The summed E-state index contributed by atoms with van der Waals surface area (Å²) in [6.45, 7) is 5.81. The van der Waals surface area contributed by atoms with Crippen molar-refractivity contribution >= 4 is 5.97 Å². The van der Waals surface area contributed by atoms with Crippen LogP contribution in [0, 0.1) is 11.8 Å². The molecule has 0 spiro atoms. The van der Waals surface area contributed by atoms with Crippen LogP contribution in [0.25, 0.3) is 0 Å². The van der Waals surface area contributed by atoms with Crippen molar-refractivity contribution in [3.8, 4) is 0 Å². The number of hydrogen-bond acceptors (Lipinski definition) is 4. The van der Waals surface area contributed by atoms with Crippen LogP contribution in [-0.4, -0.2) is 35.5 Å². The van der Waals surface area contributed by atoms with Gasteiger partial charge in [-0.3, -0.25) is 4.79 Å². The summed E-state index contributed by atoms with van der Waals surface area (Å²) in [5.74, 6) is -0.0357. The molecular weight excluding hydrogens is 244 g/mol. The Kier molecular flexibility index (Phi) is 10.9. The summed E-state index contributed by atoms with van der Waals surface area (Å²) in [5, 5.41) is 17.9. The Bertz CT molecular complexity index is 230. The normalized spacial score (nSPS) is 15.8. The molecule has 0 aromatic heterocycles. The molecule has 4 heteroatoms. The van der Waals surface area contributed by atoms with Gasteiger partial charge >= 0.3 is 5.97 Å². The van der Waals surface area contributed by atoms with E-state index in [4.69, 9.17) is 9.84 Å². The molecule has 0 aromatic carbocycles. The van der Waals surface area contributed by atoms with Crippen LogP contribution in [-0.2, 0) is 9.53 Å². The van der Waals surface area contributed by atoms with Crippen molar-refractivity contribution in [1.82, 2.24) is 0 Å². The number of hydrogen-bond donors (Lipinski definition) is 2. The second-order valence-electron chi connectivity index (χ2n) is 5.31. The number of ether oxygens (including phenoxy) is 1. The molecule has 0 aliphatic rings. The summed E-state index contributed by atoms with van der Waals surface area (Å²) in [4.78, 5) is 12.0. The van der Waals surface area contributed by atoms with Gasteiger partial charge in [0.25, 0.3) is 0 Å². The maximum Gasteiger partial charge on any atom is 0.309 e. The molecule has 3 atom stereocenters. The summed E-state index contributed by atoms with van der Waals surface area (Å²) in [5.41, 5.74) is 0. The average molecular weight is 274 g/mol. The molecule has 2 N–H and O–H groups in total. The van der Waals surface area contributed by atoms with E-state index in [0.717, 1.165) is 25.7 Å². The predicted molar refractivity (Wildman–Crippen MR) is 75.8 cm³/mol. The molecule has 3 unspecified atom stereocenters. The molecule has 0 bridgehead atoms. The maximum absolute atomic E-state index is 12.0. The van der Waals surface area contributed by atoms with Gasteiger partial charge in [-0.25, -0.2) is 0 Å². The molecule has 0 amide bonds. The summed E-state index contributed by atoms with van der Waals surface area (Å²) < 4.78 is 5.09. The SMILES string of the molecule is CCCCCCC(C(=O)OCC(O)CO)C(C)CC. The van der Waals surface area contributed by atoms with E-state index >= 15 is 0 Å². The Balaban J connectivity index is 4.19. The zero-order chi connectivity index (χ0) is 14.7. The Hall–Kier alpha value is -0.610. The predicted octanol–water partition coefficient (Wildman–Crippen LogP) is 2.52. The lowest BCUT2D eigenvalue weighted by Gasteiger charge is -2.22. The molecule has 0 rings (SSSR count). The van der Waals surface area contributed by atoms with Gasteiger partial charge in [0.05, 0.1) is 12.5 Å². The van der Waals surface area contributed by atoms with E-state index in [1.807, 2.05) is 0 Å². The number of rotatable bonds is 11. The lowest BCUT2D eigenvalue weighted by Crippen LogP contribution is -2.28. The fraction of sp³-hybridized carbons (Fsp3) is 0.933. The van der Waals surface area contributed by atoms with Crippen LogP contribution >= 0.6 is 0 Å². The zero-order valence-electron chi connectivity index (χ0n) is 12.6. The summed E-state index contributed by atoms with van der Waals surface area (Å²) in [6.07, 6.45) is 5.39. The van der Waals surface area contributed by atoms with Gasteiger partial charge < -0.3 is 14.9 Å². The van der Waals surface area contributed by atoms with Crippen molar-refractivity contribution in [2.45, 2.75) is 65.4 Å². The first-order valence-corrected chi connectivity index (χ1v) is 7.52. The van der Waals surface area contributed by atoms with E-state index < -0.39 is 6.10 Å². The number of aliphatic hydroxyl groups is 2. The number of carbonyl (C=O) groups is 1. The van der Waals surface area contributed by atoms with Crippen molar-refractivity contribution in [3.63, 3.8) is 0 Å². The lowest BCUT2D eigenvalue weighted by molar-refractivity contribution is -0.154. The molecular formula is C15H30O4. The molecule has 0 aliphatic heterocycles. The fourth-order valence-corrected chi connectivity index (χ4v) is 2.05. The largest absolute Gasteiger partial charge is 0.463 e. The van der Waals surface area contributed by atoms with Crippen molar-refractivity contribution in [3.05, 3.63) is 0 Å². The minimum absolute atomic E-state index is 0.0900. The molecule has 0 aromatic rings. The van der Waals surface area contributed by atoms with Crippen LogP contribution < -0.4 is 0 Å². The lowest BCUT2D eigenvalue weighted by atomic mass is 9.87. The maximum atomic E-state index is 12.0. The minimum Gasteiger partial charge on any atom is -0.463 e. The third-order valence-corrected chi connectivity index (χ3v) is 3.63. The standard InChI is InChI=1S/C15H30O4/c1-4-6-7-8-9-14(12(3)5-2)15(18)19-11-13(17)10-16/h12-14,16-17H,4-11H2,1-3H3. The zero-order valence-corrected chi connectivity index (χ0v) is 12.6. The molecule has 0 radical (unpaired) electrons. The van der Waals surface area contributed by atoms with E-state index in [1.54, 1.807) is 0 Å². The van der Waals surface area contributed by atoms with E-state index in [1.165, 1.54) is 12.8 Å². The molecule has 19 heavy (non-hydrogen) atoms. The van der Waals surface area contributed by atoms with E-state index in [0.29, 0.717) is 5.92 Å². The van der Waals surface area contributed by atoms with Gasteiger partial charge in [0.15, 0.2) is 0 Å². The minimum atomic E-state index is -0.971. The monoisotopic (exact) mass is 274 g/mol. The van der Waals surface area contributed by atoms with Crippen LogP contribution in [0.15, 0.2) is 0 Å². The van der Waals surface area contributed by atoms with Gasteiger partial charge in [-0.05, 0) is 12.3 Å². The first-order chi connectivity index (χ1) is 9.06. The van der Waals surface area contributed by atoms with Crippen LogP contribution in [0.1, 0.15) is 59.3 Å². The molecule has 0 saturated carbocycles. The number of aliphatic hydroxyl groups excluding tert-OH is 2. The van der Waals surface area contributed by atoms with Crippen LogP contribution in [0.2, 0.25) is 0 Å². The van der Waals surface area contributed by atoms with Crippen LogP contribution in [0.3, 0.4) is 0 Å². The molecule has 0 heterocycles. The molecule has 0 aliphatic carbocycles. The van der Waals surface area contributed by atoms with Gasteiger partial charge in [0.2, 0.25) is 0 Å². The van der Waals surface area contributed by atoms with Crippen molar-refractivity contribution < 1.29 is 19.7 Å². The average Bonchev–Trinajstić information content (AvgIpc) is 2.43. The summed E-state index contributed by atoms with van der Waals surface area (Å²) >= 11 is 0. The highest BCUT2D eigenvalue weighted by Crippen LogP contribution is 2.23. The third-order valence-electron chi connectivity index (χ3n) is 3.63. The number of esters is 1. The molecule has 0 fully saturated rings.